The minimum Gasteiger partial charge on any atom is -0.378 e. The lowest BCUT2D eigenvalue weighted by Crippen LogP contribution is -2.65. The van der Waals surface area contributed by atoms with Gasteiger partial charge in [-0.1, -0.05) is 19.3 Å². The Morgan fingerprint density at radius 3 is 2.75 bits per heavy atom. The number of hydrogen-bond acceptors (Lipinski definition) is 5. The molecule has 0 aliphatic heterocycles. The third kappa shape index (κ3) is 2.46. The predicted octanol–water partition coefficient (Wildman–Crippen LogP) is 3.59. The van der Waals surface area contributed by atoms with Crippen LogP contribution in [0.4, 0.5) is 5.82 Å². The van der Waals surface area contributed by atoms with E-state index in [2.05, 4.69) is 34.9 Å². The summed E-state index contributed by atoms with van der Waals surface area (Å²) in [5, 5.41) is 0. The van der Waals surface area contributed by atoms with Gasteiger partial charge < -0.3 is 9.64 Å². The molecule has 2 aliphatic carbocycles. The van der Waals surface area contributed by atoms with Crippen molar-refractivity contribution in [1.29, 1.82) is 0 Å². The fourth-order valence-corrected chi connectivity index (χ4v) is 4.77. The monoisotopic (exact) mass is 326 g/mol. The third-order valence-corrected chi connectivity index (χ3v) is 6.04. The summed E-state index contributed by atoms with van der Waals surface area (Å²) in [6, 6.07) is 4.60. The Bertz CT molecular complexity index is 713. The first kappa shape index (κ1) is 15.8. The van der Waals surface area contributed by atoms with Gasteiger partial charge in [0.25, 0.3) is 0 Å². The molecule has 4 rings (SSSR count). The molecule has 0 saturated heterocycles. The molecule has 0 radical (unpaired) electrons. The molecule has 0 N–H and O–H groups in total. The Labute approximate surface area is 143 Å². The van der Waals surface area contributed by atoms with Gasteiger partial charge in [-0.15, -0.1) is 0 Å². The van der Waals surface area contributed by atoms with Gasteiger partial charge in [-0.05, 0) is 38.3 Å². The Kier molecular flexibility index (Phi) is 4.12. The molecule has 2 unspecified atom stereocenters. The van der Waals surface area contributed by atoms with Crippen LogP contribution in [0.1, 0.15) is 45.4 Å². The van der Waals surface area contributed by atoms with E-state index in [1.165, 1.54) is 32.1 Å². The summed E-state index contributed by atoms with van der Waals surface area (Å²) < 4.78 is 6.09. The van der Waals surface area contributed by atoms with Crippen molar-refractivity contribution in [3.8, 4) is 0 Å². The molecule has 0 aromatic carbocycles. The maximum absolute atomic E-state index is 6.09. The summed E-state index contributed by atoms with van der Waals surface area (Å²) in [4.78, 5) is 15.8. The van der Waals surface area contributed by atoms with E-state index in [4.69, 9.17) is 9.72 Å². The second-order valence-electron chi connectivity index (χ2n) is 7.17. The Balaban J connectivity index is 1.61. The van der Waals surface area contributed by atoms with Gasteiger partial charge in [-0.25, -0.2) is 9.97 Å². The van der Waals surface area contributed by atoms with Crippen LogP contribution in [0.25, 0.3) is 11.2 Å². The van der Waals surface area contributed by atoms with E-state index in [9.17, 15) is 0 Å². The second kappa shape index (κ2) is 6.28. The van der Waals surface area contributed by atoms with Crippen LogP contribution in [0.15, 0.2) is 24.5 Å². The lowest BCUT2D eigenvalue weighted by Gasteiger charge is -2.60. The van der Waals surface area contributed by atoms with Crippen LogP contribution in [0.5, 0.6) is 0 Å². The highest BCUT2D eigenvalue weighted by Gasteiger charge is 2.57. The number of rotatable bonds is 4. The molecule has 2 atom stereocenters. The zero-order valence-corrected chi connectivity index (χ0v) is 14.6. The number of nitrogens with zero attached hydrogens (tertiary/aromatic N) is 4. The highest BCUT2D eigenvalue weighted by Crippen LogP contribution is 2.55. The average Bonchev–Trinajstić information content (AvgIpc) is 2.64. The van der Waals surface area contributed by atoms with Crippen molar-refractivity contribution < 1.29 is 4.74 Å². The molecule has 24 heavy (non-hydrogen) atoms. The standard InChI is InChI=1S/C19H26N4O/c1-3-24-16-13-15(19(16)9-5-4-6-10-19)23(2)17-8-7-14-18(22-17)21-12-11-20-14/h7-8,11-12,15-16H,3-6,9-10,13H2,1-2H3. The van der Waals surface area contributed by atoms with Crippen molar-refractivity contribution in [2.45, 2.75) is 57.6 Å². The molecular formula is C19H26N4O. The van der Waals surface area contributed by atoms with Crippen LogP contribution in [0, 0.1) is 5.41 Å². The van der Waals surface area contributed by atoms with Crippen molar-refractivity contribution in [2.24, 2.45) is 5.41 Å². The lowest BCUT2D eigenvalue weighted by atomic mass is 9.54. The molecule has 128 valence electrons. The van der Waals surface area contributed by atoms with Gasteiger partial charge in [0.1, 0.15) is 11.3 Å². The Hall–Kier alpha value is -1.75. The topological polar surface area (TPSA) is 51.1 Å². The number of ether oxygens (including phenoxy) is 1. The number of pyridine rings is 1. The zero-order chi connectivity index (χ0) is 16.6. The normalized spacial score (nSPS) is 25.6. The van der Waals surface area contributed by atoms with Gasteiger partial charge >= 0.3 is 0 Å². The van der Waals surface area contributed by atoms with E-state index in [1.807, 2.05) is 6.07 Å². The largest absolute Gasteiger partial charge is 0.378 e. The number of hydrogen-bond donors (Lipinski definition) is 0. The molecule has 2 aliphatic rings. The maximum Gasteiger partial charge on any atom is 0.180 e. The van der Waals surface area contributed by atoms with Gasteiger partial charge in [-0.2, -0.15) is 0 Å². The quantitative estimate of drug-likeness (QED) is 0.859. The molecule has 5 nitrogen and oxygen atoms in total. The van der Waals surface area contributed by atoms with Crippen LogP contribution in [0.3, 0.4) is 0 Å². The van der Waals surface area contributed by atoms with Crippen molar-refractivity contribution >= 4 is 17.0 Å². The molecule has 0 bridgehead atoms. The molecule has 1 spiro atoms. The molecule has 2 aromatic heterocycles. The first-order valence-electron chi connectivity index (χ1n) is 9.17. The molecule has 2 saturated carbocycles. The fraction of sp³-hybridized carbons (Fsp3) is 0.632. The number of aromatic nitrogens is 3. The maximum atomic E-state index is 6.09. The summed E-state index contributed by atoms with van der Waals surface area (Å²) in [6.45, 7) is 2.92. The van der Waals surface area contributed by atoms with Gasteiger partial charge in [0.05, 0.1) is 6.10 Å². The molecule has 5 heteroatoms. The van der Waals surface area contributed by atoms with Crippen LogP contribution >= 0.6 is 0 Å². The summed E-state index contributed by atoms with van der Waals surface area (Å²) in [5.41, 5.74) is 1.88. The van der Waals surface area contributed by atoms with Crippen LogP contribution < -0.4 is 4.90 Å². The molecule has 2 aromatic rings. The molecule has 2 fully saturated rings. The van der Waals surface area contributed by atoms with E-state index in [0.717, 1.165) is 30.0 Å². The van der Waals surface area contributed by atoms with Crippen LogP contribution in [0.2, 0.25) is 0 Å². The number of anilines is 1. The first-order chi connectivity index (χ1) is 11.7. The van der Waals surface area contributed by atoms with E-state index in [0.29, 0.717) is 17.6 Å². The fourth-order valence-electron chi connectivity index (χ4n) is 4.77. The van der Waals surface area contributed by atoms with E-state index in [1.54, 1.807) is 12.4 Å². The van der Waals surface area contributed by atoms with Gasteiger partial charge in [0.2, 0.25) is 0 Å². The van der Waals surface area contributed by atoms with Crippen LogP contribution in [-0.4, -0.2) is 40.8 Å². The summed E-state index contributed by atoms with van der Waals surface area (Å²) in [5.74, 6) is 0.993. The lowest BCUT2D eigenvalue weighted by molar-refractivity contribution is -0.141. The highest BCUT2D eigenvalue weighted by molar-refractivity contribution is 5.71. The minimum absolute atomic E-state index is 0.308. The smallest absolute Gasteiger partial charge is 0.180 e. The minimum atomic E-state index is 0.308. The summed E-state index contributed by atoms with van der Waals surface area (Å²) in [7, 11) is 2.17. The highest BCUT2D eigenvalue weighted by atomic mass is 16.5. The van der Waals surface area contributed by atoms with E-state index in [-0.39, 0.29) is 0 Å². The molecular weight excluding hydrogens is 300 g/mol. The van der Waals surface area contributed by atoms with E-state index < -0.39 is 0 Å². The molecule has 2 heterocycles. The van der Waals surface area contributed by atoms with E-state index >= 15 is 0 Å². The Morgan fingerprint density at radius 1 is 1.17 bits per heavy atom. The summed E-state index contributed by atoms with van der Waals surface area (Å²) >= 11 is 0. The van der Waals surface area contributed by atoms with Crippen LogP contribution in [-0.2, 0) is 4.74 Å². The van der Waals surface area contributed by atoms with Crippen molar-refractivity contribution in [2.75, 3.05) is 18.6 Å². The van der Waals surface area contributed by atoms with Crippen molar-refractivity contribution in [1.82, 2.24) is 15.0 Å². The molecule has 0 amide bonds. The zero-order valence-electron chi connectivity index (χ0n) is 14.6. The van der Waals surface area contributed by atoms with Crippen molar-refractivity contribution in [3.05, 3.63) is 24.5 Å². The van der Waals surface area contributed by atoms with Gasteiger partial charge in [0.15, 0.2) is 5.65 Å². The Morgan fingerprint density at radius 2 is 1.96 bits per heavy atom. The number of fused-ring (bicyclic) bond motifs is 1. The summed E-state index contributed by atoms with van der Waals surface area (Å²) in [6.07, 6.45) is 11.5. The van der Waals surface area contributed by atoms with Gasteiger partial charge in [0, 0.05) is 37.5 Å². The average molecular weight is 326 g/mol. The predicted molar refractivity (Wildman–Crippen MR) is 95.1 cm³/mol. The van der Waals surface area contributed by atoms with Gasteiger partial charge in [-0.3, -0.25) is 4.98 Å². The third-order valence-electron chi connectivity index (χ3n) is 6.04. The second-order valence-corrected chi connectivity index (χ2v) is 7.17. The SMILES string of the molecule is CCOC1CC(N(C)c2ccc3nccnc3n2)C12CCCCC2. The van der Waals surface area contributed by atoms with Crippen molar-refractivity contribution in [3.63, 3.8) is 0 Å². The first-order valence-corrected chi connectivity index (χ1v) is 9.17.